The van der Waals surface area contributed by atoms with E-state index in [4.69, 9.17) is 0 Å². The predicted octanol–water partition coefficient (Wildman–Crippen LogP) is 2.78. The van der Waals surface area contributed by atoms with Crippen LogP contribution in [0.3, 0.4) is 0 Å². The van der Waals surface area contributed by atoms with E-state index in [9.17, 15) is 8.42 Å². The second kappa shape index (κ2) is 8.44. The van der Waals surface area contributed by atoms with Crippen molar-refractivity contribution in [1.82, 2.24) is 19.4 Å². The lowest BCUT2D eigenvalue weighted by molar-refractivity contribution is 0.255. The minimum atomic E-state index is -3.29. The Morgan fingerprint density at radius 2 is 1.82 bits per heavy atom. The summed E-state index contributed by atoms with van der Waals surface area (Å²) in [6.45, 7) is 3.75. The lowest BCUT2D eigenvalue weighted by Crippen LogP contribution is -2.32. The van der Waals surface area contributed by atoms with E-state index in [1.54, 1.807) is 0 Å². The quantitative estimate of drug-likeness (QED) is 0.662. The molecule has 1 aliphatic heterocycles. The van der Waals surface area contributed by atoms with Gasteiger partial charge in [-0.1, -0.05) is 19.3 Å². The van der Waals surface area contributed by atoms with Crippen LogP contribution in [0.4, 0.5) is 0 Å². The molecular formula is C21H36N4O2S. The van der Waals surface area contributed by atoms with Crippen molar-refractivity contribution in [3.63, 3.8) is 0 Å². The third kappa shape index (κ3) is 4.79. The van der Waals surface area contributed by atoms with Gasteiger partial charge in [-0.2, -0.15) is 0 Å². The van der Waals surface area contributed by atoms with E-state index in [0.717, 1.165) is 44.7 Å². The van der Waals surface area contributed by atoms with Gasteiger partial charge in [-0.3, -0.25) is 4.90 Å². The van der Waals surface area contributed by atoms with E-state index in [0.29, 0.717) is 23.0 Å². The van der Waals surface area contributed by atoms with Crippen LogP contribution in [0.15, 0.2) is 11.4 Å². The van der Waals surface area contributed by atoms with Gasteiger partial charge in [-0.15, -0.1) is 0 Å². The first-order chi connectivity index (χ1) is 13.4. The molecule has 0 radical (unpaired) electrons. The van der Waals surface area contributed by atoms with Gasteiger partial charge in [0, 0.05) is 32.2 Å². The fourth-order valence-electron chi connectivity index (χ4n) is 4.87. The average molecular weight is 409 g/mol. The fourth-order valence-corrected chi connectivity index (χ4v) is 6.71. The highest BCUT2D eigenvalue weighted by Crippen LogP contribution is 2.33. The summed E-state index contributed by atoms with van der Waals surface area (Å²) in [6, 6.07) is 0.591. The molecule has 7 heteroatoms. The molecule has 0 bridgehead atoms. The predicted molar refractivity (Wildman–Crippen MR) is 111 cm³/mol. The molecule has 0 N–H and O–H groups in total. The second-order valence-corrected chi connectivity index (χ2v) is 11.4. The number of aromatic nitrogens is 2. The highest BCUT2D eigenvalue weighted by atomic mass is 32.2. The van der Waals surface area contributed by atoms with Crippen molar-refractivity contribution in [3.05, 3.63) is 11.9 Å². The molecule has 2 saturated carbocycles. The van der Waals surface area contributed by atoms with Crippen LogP contribution in [-0.2, 0) is 22.9 Å². The lowest BCUT2D eigenvalue weighted by atomic mass is 9.89. The number of hydrogen-bond acceptors (Lipinski definition) is 5. The number of likely N-dealkylation sites (N-methyl/N-ethyl adjacent to an activating group) is 1. The zero-order valence-electron chi connectivity index (χ0n) is 17.5. The molecule has 3 aliphatic rings. The van der Waals surface area contributed by atoms with Crippen molar-refractivity contribution >= 4 is 9.84 Å². The van der Waals surface area contributed by atoms with Crippen molar-refractivity contribution in [1.29, 1.82) is 0 Å². The van der Waals surface area contributed by atoms with Crippen LogP contribution in [0.5, 0.6) is 0 Å². The van der Waals surface area contributed by atoms with E-state index in [2.05, 4.69) is 33.4 Å². The molecule has 3 fully saturated rings. The third-order valence-corrected chi connectivity index (χ3v) is 8.65. The highest BCUT2D eigenvalue weighted by molar-refractivity contribution is 7.91. The minimum absolute atomic E-state index is 0.278. The van der Waals surface area contributed by atoms with Gasteiger partial charge in [0.1, 0.15) is 0 Å². The number of likely N-dealkylation sites (tertiary alicyclic amines) is 1. The molecule has 158 valence electrons. The summed E-state index contributed by atoms with van der Waals surface area (Å²) < 4.78 is 28.1. The van der Waals surface area contributed by atoms with Crippen LogP contribution in [0.25, 0.3) is 0 Å². The zero-order chi connectivity index (χ0) is 19.7. The van der Waals surface area contributed by atoms with Crippen molar-refractivity contribution in [2.75, 3.05) is 32.9 Å². The fraction of sp³-hybridized carbons (Fsp3) is 0.857. The Kier molecular flexibility index (Phi) is 6.14. The molecule has 1 aromatic heterocycles. The molecule has 0 spiro atoms. The molecule has 2 heterocycles. The molecule has 4 rings (SSSR count). The maximum absolute atomic E-state index is 13.0. The first-order valence-corrected chi connectivity index (χ1v) is 12.7. The molecule has 6 nitrogen and oxygen atoms in total. The number of imidazole rings is 1. The zero-order valence-corrected chi connectivity index (χ0v) is 18.3. The van der Waals surface area contributed by atoms with E-state index in [1.807, 2.05) is 6.20 Å². The number of hydrogen-bond donors (Lipinski definition) is 0. The summed E-state index contributed by atoms with van der Waals surface area (Å²) in [5, 5.41) is 0.336. The summed E-state index contributed by atoms with van der Waals surface area (Å²) in [5.74, 6) is 1.22. The summed E-state index contributed by atoms with van der Waals surface area (Å²) in [7, 11) is 0.995. The van der Waals surface area contributed by atoms with Crippen LogP contribution in [-0.4, -0.2) is 66.7 Å². The van der Waals surface area contributed by atoms with Crippen molar-refractivity contribution in [3.8, 4) is 0 Å². The molecule has 1 aromatic rings. The monoisotopic (exact) mass is 408 g/mol. The minimum Gasteiger partial charge on any atom is -0.317 e. The van der Waals surface area contributed by atoms with E-state index in [1.165, 1.54) is 38.5 Å². The maximum Gasteiger partial charge on any atom is 0.227 e. The maximum atomic E-state index is 13.0. The first kappa shape index (κ1) is 20.4. The van der Waals surface area contributed by atoms with E-state index >= 15 is 0 Å². The number of rotatable bonds is 8. The Morgan fingerprint density at radius 1 is 1.07 bits per heavy atom. The Bertz CT molecular complexity index is 763. The molecule has 28 heavy (non-hydrogen) atoms. The Morgan fingerprint density at radius 3 is 2.46 bits per heavy atom. The van der Waals surface area contributed by atoms with E-state index in [-0.39, 0.29) is 5.75 Å². The molecule has 0 amide bonds. The molecule has 0 aromatic carbocycles. The molecular weight excluding hydrogens is 372 g/mol. The first-order valence-electron chi connectivity index (χ1n) is 11.1. The van der Waals surface area contributed by atoms with Crippen LogP contribution < -0.4 is 0 Å². The van der Waals surface area contributed by atoms with Crippen LogP contribution >= 0.6 is 0 Å². The summed E-state index contributed by atoms with van der Waals surface area (Å²) >= 11 is 0. The van der Waals surface area contributed by atoms with Gasteiger partial charge in [-0.05, 0) is 58.0 Å². The van der Waals surface area contributed by atoms with Gasteiger partial charge in [0.2, 0.25) is 15.0 Å². The summed E-state index contributed by atoms with van der Waals surface area (Å²) in [5.41, 5.74) is 1.08. The second-order valence-electron chi connectivity index (χ2n) is 9.51. The number of nitrogens with zero attached hydrogens (tertiary/aromatic N) is 4. The number of sulfone groups is 1. The van der Waals surface area contributed by atoms with E-state index < -0.39 is 9.84 Å². The van der Waals surface area contributed by atoms with Gasteiger partial charge in [0.15, 0.2) is 0 Å². The lowest BCUT2D eigenvalue weighted by Gasteiger charge is -2.25. The van der Waals surface area contributed by atoms with Gasteiger partial charge >= 0.3 is 0 Å². The Hall–Kier alpha value is -0.920. The third-order valence-electron chi connectivity index (χ3n) is 6.86. The van der Waals surface area contributed by atoms with Crippen LogP contribution in [0.2, 0.25) is 0 Å². The van der Waals surface area contributed by atoms with Gasteiger partial charge in [0.25, 0.3) is 0 Å². The topological polar surface area (TPSA) is 58.4 Å². The largest absolute Gasteiger partial charge is 0.317 e. The highest BCUT2D eigenvalue weighted by Gasteiger charge is 2.33. The molecule has 2 aliphatic carbocycles. The van der Waals surface area contributed by atoms with Gasteiger partial charge < -0.3 is 9.47 Å². The molecule has 1 atom stereocenters. The molecule has 1 saturated heterocycles. The van der Waals surface area contributed by atoms with Crippen LogP contribution in [0.1, 0.15) is 57.1 Å². The van der Waals surface area contributed by atoms with Crippen molar-refractivity contribution in [2.24, 2.45) is 11.8 Å². The Balaban J connectivity index is 1.54. The smallest absolute Gasteiger partial charge is 0.227 e. The van der Waals surface area contributed by atoms with Gasteiger partial charge in [0.05, 0.1) is 17.6 Å². The van der Waals surface area contributed by atoms with Crippen molar-refractivity contribution in [2.45, 2.75) is 75.7 Å². The SMILES string of the molecule is CN(C)[C@H]1CCN(Cc2cnc(S(=O)(=O)CC3CC3)n2CC2CCCCC2)C1. The van der Waals surface area contributed by atoms with Crippen LogP contribution in [0, 0.1) is 11.8 Å². The Labute approximate surface area is 170 Å². The molecule has 0 unspecified atom stereocenters. The standard InChI is InChI=1S/C21H36N4O2S/c1-23(2)19-10-11-24(14-19)15-20-12-22-21(28(26,27)16-18-8-9-18)25(20)13-17-6-4-3-5-7-17/h12,17-19H,3-11,13-16H2,1-2H3/t19-/m0/s1. The average Bonchev–Trinajstić information content (AvgIpc) is 3.17. The summed E-state index contributed by atoms with van der Waals surface area (Å²) in [6.07, 6.45) is 11.4. The van der Waals surface area contributed by atoms with Crippen molar-refractivity contribution < 1.29 is 8.42 Å². The van der Waals surface area contributed by atoms with Gasteiger partial charge in [-0.25, -0.2) is 13.4 Å². The summed E-state index contributed by atoms with van der Waals surface area (Å²) in [4.78, 5) is 9.22. The normalized spacial score (nSPS) is 25.0.